The summed E-state index contributed by atoms with van der Waals surface area (Å²) in [6.07, 6.45) is 0. The van der Waals surface area contributed by atoms with Crippen LogP contribution in [0.2, 0.25) is 0 Å². The number of hydrogen-bond donors (Lipinski definition) is 1. The number of aryl methyl sites for hydroxylation is 1. The van der Waals surface area contributed by atoms with Gasteiger partial charge in [0.05, 0.1) is 37.1 Å². The number of rotatable bonds is 8. The van der Waals surface area contributed by atoms with Crippen molar-refractivity contribution in [3.8, 4) is 5.88 Å². The molecule has 35 heavy (non-hydrogen) atoms. The topological polar surface area (TPSA) is 106 Å². The molecule has 0 unspecified atom stereocenters. The van der Waals surface area contributed by atoms with Crippen LogP contribution < -0.4 is 15.0 Å². The van der Waals surface area contributed by atoms with Crippen molar-refractivity contribution in [3.63, 3.8) is 0 Å². The van der Waals surface area contributed by atoms with Gasteiger partial charge >= 0.3 is 0 Å². The Kier molecular flexibility index (Phi) is 7.79. The maximum atomic E-state index is 13.2. The Morgan fingerprint density at radius 2 is 1.89 bits per heavy atom. The fourth-order valence-corrected chi connectivity index (χ4v) is 5.11. The summed E-state index contributed by atoms with van der Waals surface area (Å²) < 4.78 is 15.9. The summed E-state index contributed by atoms with van der Waals surface area (Å²) in [5, 5.41) is 3.55. The third-order valence-electron chi connectivity index (χ3n) is 5.72. The number of aromatic nitrogens is 2. The molecule has 3 heterocycles. The third kappa shape index (κ3) is 5.53. The molecule has 0 bridgehead atoms. The van der Waals surface area contributed by atoms with Crippen molar-refractivity contribution in [1.82, 2.24) is 14.9 Å². The molecule has 2 amide bonds. The summed E-state index contributed by atoms with van der Waals surface area (Å²) >= 11 is 1.25. The fraction of sp³-hybridized carbons (Fsp3) is 0.417. The Balaban J connectivity index is 1.43. The number of likely N-dealkylation sites (N-methyl/N-ethyl adjacent to an activating group) is 1. The summed E-state index contributed by atoms with van der Waals surface area (Å²) in [7, 11) is 4.70. The van der Waals surface area contributed by atoms with Crippen LogP contribution in [0.15, 0.2) is 24.3 Å². The van der Waals surface area contributed by atoms with E-state index in [0.29, 0.717) is 45.7 Å². The summed E-state index contributed by atoms with van der Waals surface area (Å²) in [6, 6.07) is 7.68. The molecule has 1 saturated heterocycles. The van der Waals surface area contributed by atoms with E-state index in [-0.39, 0.29) is 25.0 Å². The molecule has 0 atom stereocenters. The molecular weight excluding hydrogens is 470 g/mol. The SMILES string of the molecule is COCc1nc(OC)c2c(C)c(C(=O)N(C)CC(=O)Nc3ccc(N4CCOCC4)cc3)sc2n1. The van der Waals surface area contributed by atoms with E-state index in [1.54, 1.807) is 14.2 Å². The third-order valence-corrected chi connectivity index (χ3v) is 6.89. The molecule has 1 N–H and O–H groups in total. The van der Waals surface area contributed by atoms with Crippen molar-refractivity contribution >= 4 is 44.7 Å². The highest BCUT2D eigenvalue weighted by molar-refractivity contribution is 7.20. The second-order valence-corrected chi connectivity index (χ2v) is 9.17. The maximum absolute atomic E-state index is 13.2. The summed E-state index contributed by atoms with van der Waals surface area (Å²) in [6.45, 7) is 5.10. The van der Waals surface area contributed by atoms with E-state index in [2.05, 4.69) is 20.2 Å². The number of carbonyl (C=O) groups is 2. The van der Waals surface area contributed by atoms with Gasteiger partial charge in [0.2, 0.25) is 11.8 Å². The number of methoxy groups -OCH3 is 2. The van der Waals surface area contributed by atoms with E-state index in [1.807, 2.05) is 31.2 Å². The molecule has 3 aromatic rings. The zero-order valence-electron chi connectivity index (χ0n) is 20.3. The zero-order chi connectivity index (χ0) is 24.9. The number of ether oxygens (including phenoxy) is 3. The second-order valence-electron chi connectivity index (χ2n) is 8.17. The first-order chi connectivity index (χ1) is 16.9. The lowest BCUT2D eigenvalue weighted by molar-refractivity contribution is -0.116. The Labute approximate surface area is 207 Å². The molecule has 10 nitrogen and oxygen atoms in total. The quantitative estimate of drug-likeness (QED) is 0.504. The highest BCUT2D eigenvalue weighted by Gasteiger charge is 2.24. The van der Waals surface area contributed by atoms with Gasteiger partial charge in [-0.05, 0) is 36.8 Å². The van der Waals surface area contributed by atoms with Crippen LogP contribution in [0.1, 0.15) is 21.1 Å². The van der Waals surface area contributed by atoms with Gasteiger partial charge < -0.3 is 29.3 Å². The van der Waals surface area contributed by atoms with Gasteiger partial charge in [-0.15, -0.1) is 11.3 Å². The fourth-order valence-electron chi connectivity index (χ4n) is 3.93. The lowest BCUT2D eigenvalue weighted by atomic mass is 10.2. The first-order valence-electron chi connectivity index (χ1n) is 11.2. The molecule has 4 rings (SSSR count). The van der Waals surface area contributed by atoms with Gasteiger partial charge in [0.1, 0.15) is 11.4 Å². The van der Waals surface area contributed by atoms with Gasteiger partial charge in [0, 0.05) is 38.6 Å². The molecule has 0 spiro atoms. The monoisotopic (exact) mass is 499 g/mol. The molecule has 186 valence electrons. The minimum Gasteiger partial charge on any atom is -0.480 e. The maximum Gasteiger partial charge on any atom is 0.264 e. The first kappa shape index (κ1) is 24.8. The largest absolute Gasteiger partial charge is 0.480 e. The predicted molar refractivity (Wildman–Crippen MR) is 134 cm³/mol. The molecule has 2 aromatic heterocycles. The van der Waals surface area contributed by atoms with Crippen molar-refractivity contribution in [3.05, 3.63) is 40.5 Å². The second kappa shape index (κ2) is 11.0. The van der Waals surface area contributed by atoms with E-state index in [0.717, 1.165) is 24.3 Å². The lowest BCUT2D eigenvalue weighted by Gasteiger charge is -2.28. The first-order valence-corrected chi connectivity index (χ1v) is 12.0. The Morgan fingerprint density at radius 1 is 1.17 bits per heavy atom. The summed E-state index contributed by atoms with van der Waals surface area (Å²) in [5.74, 6) is 0.331. The van der Waals surface area contributed by atoms with Crippen LogP contribution in [0.5, 0.6) is 5.88 Å². The van der Waals surface area contributed by atoms with Gasteiger partial charge in [0.25, 0.3) is 5.91 Å². The van der Waals surface area contributed by atoms with Crippen LogP contribution in [-0.4, -0.2) is 80.8 Å². The number of morpholine rings is 1. The standard InChI is InChI=1S/C24H29N5O5S/c1-15-20-22(33-4)26-18(14-32-3)27-23(20)35-21(15)24(31)28(2)13-19(30)25-16-5-7-17(8-6-16)29-9-11-34-12-10-29/h5-8H,9-14H2,1-4H3,(H,25,30). The van der Waals surface area contributed by atoms with Crippen molar-refractivity contribution < 1.29 is 23.8 Å². The summed E-state index contributed by atoms with van der Waals surface area (Å²) in [5.41, 5.74) is 2.49. The molecule has 0 aliphatic carbocycles. The molecule has 0 radical (unpaired) electrons. The predicted octanol–water partition coefficient (Wildman–Crippen LogP) is 2.70. The number of hydrogen-bond acceptors (Lipinski definition) is 9. The minimum absolute atomic E-state index is 0.0878. The van der Waals surface area contributed by atoms with Crippen LogP contribution in [0.3, 0.4) is 0 Å². The number of carbonyl (C=O) groups excluding carboxylic acids is 2. The smallest absolute Gasteiger partial charge is 0.264 e. The van der Waals surface area contributed by atoms with Gasteiger partial charge in [-0.1, -0.05) is 0 Å². The average molecular weight is 500 g/mol. The Hall–Kier alpha value is -3.28. The molecular formula is C24H29N5O5S. The van der Waals surface area contributed by atoms with E-state index < -0.39 is 0 Å². The van der Waals surface area contributed by atoms with Gasteiger partial charge in [-0.25, -0.2) is 4.98 Å². The normalized spacial score (nSPS) is 13.7. The molecule has 1 fully saturated rings. The Morgan fingerprint density at radius 3 is 2.54 bits per heavy atom. The van der Waals surface area contributed by atoms with Crippen molar-refractivity contribution in [2.75, 3.05) is 64.3 Å². The molecule has 11 heteroatoms. The van der Waals surface area contributed by atoms with Gasteiger partial charge in [-0.2, -0.15) is 4.98 Å². The van der Waals surface area contributed by atoms with E-state index in [1.165, 1.54) is 23.3 Å². The number of fused-ring (bicyclic) bond motifs is 1. The van der Waals surface area contributed by atoms with Crippen LogP contribution >= 0.6 is 11.3 Å². The van der Waals surface area contributed by atoms with E-state index >= 15 is 0 Å². The van der Waals surface area contributed by atoms with Gasteiger partial charge in [0.15, 0.2) is 5.82 Å². The van der Waals surface area contributed by atoms with Crippen LogP contribution in [0.25, 0.3) is 10.2 Å². The zero-order valence-corrected chi connectivity index (χ0v) is 21.1. The highest BCUT2D eigenvalue weighted by atomic mass is 32.1. The van der Waals surface area contributed by atoms with Crippen LogP contribution in [0, 0.1) is 6.92 Å². The molecule has 1 aromatic carbocycles. The highest BCUT2D eigenvalue weighted by Crippen LogP contribution is 2.35. The van der Waals surface area contributed by atoms with Gasteiger partial charge in [-0.3, -0.25) is 9.59 Å². The number of nitrogens with one attached hydrogen (secondary N) is 1. The molecule has 1 aliphatic rings. The number of benzene rings is 1. The molecule has 1 aliphatic heterocycles. The Bertz CT molecular complexity index is 1210. The van der Waals surface area contributed by atoms with Crippen molar-refractivity contribution in [2.45, 2.75) is 13.5 Å². The lowest BCUT2D eigenvalue weighted by Crippen LogP contribution is -2.36. The average Bonchev–Trinajstić information content (AvgIpc) is 3.20. The number of amides is 2. The van der Waals surface area contributed by atoms with Crippen LogP contribution in [-0.2, 0) is 20.9 Å². The molecule has 0 saturated carbocycles. The number of thiophene rings is 1. The van der Waals surface area contributed by atoms with Crippen LogP contribution in [0.4, 0.5) is 11.4 Å². The van der Waals surface area contributed by atoms with E-state index in [4.69, 9.17) is 14.2 Å². The van der Waals surface area contributed by atoms with Crippen molar-refractivity contribution in [1.29, 1.82) is 0 Å². The van der Waals surface area contributed by atoms with E-state index in [9.17, 15) is 9.59 Å². The number of nitrogens with zero attached hydrogens (tertiary/aromatic N) is 4. The summed E-state index contributed by atoms with van der Waals surface area (Å²) in [4.78, 5) is 39.5. The minimum atomic E-state index is -0.279. The number of anilines is 2. The van der Waals surface area contributed by atoms with Crippen molar-refractivity contribution in [2.24, 2.45) is 0 Å².